The molecule has 144 valence electrons. The van der Waals surface area contributed by atoms with Gasteiger partial charge >= 0.3 is 6.36 Å². The summed E-state index contributed by atoms with van der Waals surface area (Å²) in [5.41, 5.74) is 1.05. The molecule has 2 heterocycles. The molecular weight excluding hydrogens is 358 g/mol. The lowest BCUT2D eigenvalue weighted by Gasteiger charge is -2.36. The van der Waals surface area contributed by atoms with E-state index in [2.05, 4.69) is 21.6 Å². The number of rotatable bonds is 5. The van der Waals surface area contributed by atoms with Crippen LogP contribution in [0.3, 0.4) is 0 Å². The van der Waals surface area contributed by atoms with Crippen molar-refractivity contribution in [3.63, 3.8) is 0 Å². The van der Waals surface area contributed by atoms with Crippen molar-refractivity contribution >= 4 is 24.7 Å². The molecule has 0 spiro atoms. The van der Waals surface area contributed by atoms with Gasteiger partial charge in [0.05, 0.1) is 25.4 Å². The zero-order valence-corrected chi connectivity index (χ0v) is 15.3. The Kier molecular flexibility index (Phi) is 5.51. The standard InChI is InChI=1S/C18H21BF3N3O2/c1-3-11-4-5-25(8-12(11)19)9-15(26)17-23-13-6-10(2)16(7-14(13)24-17)27-18(20,21)22/h6-7,11-12H,3-5,8-9H2,1-2H3,(H,23,24)/t11-,12?/m0/s1. The summed E-state index contributed by atoms with van der Waals surface area (Å²) in [6, 6.07) is 2.68. The molecule has 3 rings (SSSR count). The molecule has 2 aromatic rings. The molecule has 1 aliphatic heterocycles. The number of imidazole rings is 1. The van der Waals surface area contributed by atoms with E-state index < -0.39 is 6.36 Å². The van der Waals surface area contributed by atoms with E-state index in [-0.39, 0.29) is 35.2 Å². The summed E-state index contributed by atoms with van der Waals surface area (Å²) >= 11 is 0. The summed E-state index contributed by atoms with van der Waals surface area (Å²) in [6.07, 6.45) is -2.81. The van der Waals surface area contributed by atoms with Crippen LogP contribution in [0.25, 0.3) is 11.0 Å². The molecule has 0 amide bonds. The van der Waals surface area contributed by atoms with Gasteiger partial charge in [-0.05, 0) is 44.0 Å². The first-order valence-electron chi connectivity index (χ1n) is 8.93. The number of fused-ring (bicyclic) bond motifs is 1. The molecule has 2 atom stereocenters. The van der Waals surface area contributed by atoms with E-state index in [4.69, 9.17) is 7.85 Å². The van der Waals surface area contributed by atoms with Crippen molar-refractivity contribution in [2.24, 2.45) is 5.92 Å². The van der Waals surface area contributed by atoms with E-state index >= 15 is 0 Å². The fourth-order valence-corrected chi connectivity index (χ4v) is 3.54. The minimum atomic E-state index is -4.78. The summed E-state index contributed by atoms with van der Waals surface area (Å²) in [7, 11) is 6.16. The fourth-order valence-electron chi connectivity index (χ4n) is 3.54. The fraction of sp³-hybridized carbons (Fsp3) is 0.556. The highest BCUT2D eigenvalue weighted by atomic mass is 19.4. The number of ether oxygens (including phenoxy) is 1. The van der Waals surface area contributed by atoms with Crippen molar-refractivity contribution in [3.8, 4) is 5.75 Å². The number of likely N-dealkylation sites (tertiary alicyclic amines) is 1. The SMILES string of the molecule is [B]C1CN(CC(=O)c2nc3cc(OC(F)(F)F)c(C)cc3[nH]2)CC[C@@H]1CC. The van der Waals surface area contributed by atoms with Crippen LogP contribution in [-0.2, 0) is 0 Å². The van der Waals surface area contributed by atoms with E-state index in [1.54, 1.807) is 0 Å². The number of Topliss-reactive ketones (excluding diaryl/α,β-unsaturated/α-hetero) is 1. The third kappa shape index (κ3) is 4.64. The van der Waals surface area contributed by atoms with Gasteiger partial charge in [-0.1, -0.05) is 19.2 Å². The average molecular weight is 379 g/mol. The van der Waals surface area contributed by atoms with Gasteiger partial charge in [0.15, 0.2) is 5.82 Å². The van der Waals surface area contributed by atoms with Gasteiger partial charge in [0.1, 0.15) is 5.75 Å². The topological polar surface area (TPSA) is 58.2 Å². The number of piperidine rings is 1. The van der Waals surface area contributed by atoms with Crippen molar-refractivity contribution in [1.29, 1.82) is 0 Å². The predicted molar refractivity (Wildman–Crippen MR) is 96.2 cm³/mol. The van der Waals surface area contributed by atoms with Crippen LogP contribution >= 0.6 is 0 Å². The smallest absolute Gasteiger partial charge is 0.405 e. The summed E-state index contributed by atoms with van der Waals surface area (Å²) in [4.78, 5) is 21.6. The van der Waals surface area contributed by atoms with Gasteiger partial charge in [0.25, 0.3) is 0 Å². The third-order valence-electron chi connectivity index (χ3n) is 5.05. The van der Waals surface area contributed by atoms with Crippen molar-refractivity contribution in [3.05, 3.63) is 23.5 Å². The van der Waals surface area contributed by atoms with Crippen molar-refractivity contribution in [1.82, 2.24) is 14.9 Å². The highest BCUT2D eigenvalue weighted by Crippen LogP contribution is 2.30. The van der Waals surface area contributed by atoms with Crippen molar-refractivity contribution in [2.75, 3.05) is 19.6 Å². The number of carbonyl (C=O) groups excluding carboxylic acids is 1. The third-order valence-corrected chi connectivity index (χ3v) is 5.05. The molecule has 5 nitrogen and oxygen atoms in total. The van der Waals surface area contributed by atoms with Crippen LogP contribution in [0.1, 0.15) is 35.9 Å². The quantitative estimate of drug-likeness (QED) is 0.637. The number of benzene rings is 1. The zero-order valence-electron chi connectivity index (χ0n) is 15.3. The lowest BCUT2D eigenvalue weighted by atomic mass is 9.71. The van der Waals surface area contributed by atoms with Gasteiger partial charge in [-0.25, -0.2) is 4.98 Å². The first-order valence-corrected chi connectivity index (χ1v) is 8.93. The Hall–Kier alpha value is -2.03. The second kappa shape index (κ2) is 7.54. The summed E-state index contributed by atoms with van der Waals surface area (Å²) in [6.45, 7) is 5.23. The number of H-pyrrole nitrogens is 1. The number of aryl methyl sites for hydroxylation is 1. The summed E-state index contributed by atoms with van der Waals surface area (Å²) < 4.78 is 41.4. The molecule has 27 heavy (non-hydrogen) atoms. The van der Waals surface area contributed by atoms with Gasteiger partial charge < -0.3 is 9.72 Å². The Balaban J connectivity index is 1.74. The zero-order chi connectivity index (χ0) is 19.8. The number of ketones is 1. The Morgan fingerprint density at radius 3 is 2.81 bits per heavy atom. The molecular formula is C18H21BF3N3O2. The number of hydrogen-bond donors (Lipinski definition) is 1. The maximum atomic E-state index is 12.6. The molecule has 1 aromatic carbocycles. The van der Waals surface area contributed by atoms with Crippen LogP contribution in [0.15, 0.2) is 12.1 Å². The number of aromatic nitrogens is 2. The number of nitrogens with zero attached hydrogens (tertiary/aromatic N) is 2. The molecule has 1 aromatic heterocycles. The molecule has 9 heteroatoms. The van der Waals surface area contributed by atoms with Crippen LogP contribution in [0.5, 0.6) is 5.75 Å². The Bertz CT molecular complexity index is 837. The Labute approximate surface area is 156 Å². The van der Waals surface area contributed by atoms with Crippen molar-refractivity contribution in [2.45, 2.75) is 38.9 Å². The first kappa shape index (κ1) is 19.7. The van der Waals surface area contributed by atoms with E-state index in [1.807, 2.05) is 4.90 Å². The Morgan fingerprint density at radius 2 is 2.19 bits per heavy atom. The number of halogens is 3. The number of nitrogens with one attached hydrogen (secondary N) is 1. The van der Waals surface area contributed by atoms with E-state index in [0.717, 1.165) is 19.4 Å². The highest BCUT2D eigenvalue weighted by molar-refractivity contribution is 6.12. The molecule has 0 aliphatic carbocycles. The number of carbonyl (C=O) groups is 1. The summed E-state index contributed by atoms with van der Waals surface area (Å²) in [5, 5.41) is 0. The molecule has 2 radical (unpaired) electrons. The second-order valence-corrected chi connectivity index (χ2v) is 7.05. The van der Waals surface area contributed by atoms with Gasteiger partial charge in [0, 0.05) is 6.07 Å². The molecule has 0 bridgehead atoms. The number of alkyl halides is 3. The minimum absolute atomic E-state index is 0.0388. The normalized spacial score (nSPS) is 21.5. The van der Waals surface area contributed by atoms with Crippen molar-refractivity contribution < 1.29 is 22.7 Å². The number of hydrogen-bond acceptors (Lipinski definition) is 4. The molecule has 0 saturated carbocycles. The molecule has 1 aliphatic rings. The monoisotopic (exact) mass is 379 g/mol. The number of aromatic amines is 1. The molecule has 1 fully saturated rings. The average Bonchev–Trinajstić information content (AvgIpc) is 2.97. The maximum absolute atomic E-state index is 12.6. The molecule has 1 N–H and O–H groups in total. The maximum Gasteiger partial charge on any atom is 0.573 e. The Morgan fingerprint density at radius 1 is 1.44 bits per heavy atom. The van der Waals surface area contributed by atoms with Crippen LogP contribution < -0.4 is 4.74 Å². The van der Waals surface area contributed by atoms with Crippen LogP contribution in [0.4, 0.5) is 13.2 Å². The van der Waals surface area contributed by atoms with Gasteiger partial charge in [0.2, 0.25) is 5.78 Å². The largest absolute Gasteiger partial charge is 0.573 e. The van der Waals surface area contributed by atoms with Crippen LogP contribution in [0, 0.1) is 12.8 Å². The van der Waals surface area contributed by atoms with Gasteiger partial charge in [-0.15, -0.1) is 13.2 Å². The summed E-state index contributed by atoms with van der Waals surface area (Å²) in [5.74, 6) is 0.0895. The van der Waals surface area contributed by atoms with E-state index in [0.29, 0.717) is 23.5 Å². The van der Waals surface area contributed by atoms with Crippen LogP contribution in [0.2, 0.25) is 5.82 Å². The van der Waals surface area contributed by atoms with Gasteiger partial charge in [-0.2, -0.15) is 0 Å². The highest BCUT2D eigenvalue weighted by Gasteiger charge is 2.32. The van der Waals surface area contributed by atoms with E-state index in [1.165, 1.54) is 19.1 Å². The van der Waals surface area contributed by atoms with Gasteiger partial charge in [-0.3, -0.25) is 9.69 Å². The lowest BCUT2D eigenvalue weighted by Crippen LogP contribution is -2.40. The second-order valence-electron chi connectivity index (χ2n) is 7.05. The molecule has 1 unspecified atom stereocenters. The molecule has 1 saturated heterocycles. The van der Waals surface area contributed by atoms with Crippen LogP contribution in [-0.4, -0.2) is 54.5 Å². The minimum Gasteiger partial charge on any atom is -0.405 e. The first-order chi connectivity index (χ1) is 12.7. The lowest BCUT2D eigenvalue weighted by molar-refractivity contribution is -0.274. The van der Waals surface area contributed by atoms with E-state index in [9.17, 15) is 18.0 Å². The predicted octanol–water partition coefficient (Wildman–Crippen LogP) is 3.64.